The molecular weight excluding hydrogens is 380 g/mol. The molecule has 0 bridgehead atoms. The van der Waals surface area contributed by atoms with Gasteiger partial charge in [0.15, 0.2) is 10.3 Å². The Labute approximate surface area is 163 Å². The van der Waals surface area contributed by atoms with Crippen molar-refractivity contribution in [2.75, 3.05) is 11.1 Å². The average molecular weight is 396 g/mol. The maximum Gasteiger partial charge on any atom is 0.259 e. The van der Waals surface area contributed by atoms with Gasteiger partial charge in [0.05, 0.1) is 26.9 Å². The second kappa shape index (κ2) is 7.13. The van der Waals surface area contributed by atoms with Crippen molar-refractivity contribution in [3.8, 4) is 0 Å². The molecule has 0 radical (unpaired) electrons. The summed E-state index contributed by atoms with van der Waals surface area (Å²) in [7, 11) is 0. The molecular formula is C19H16N4O2S2. The van der Waals surface area contributed by atoms with Crippen molar-refractivity contribution in [2.24, 2.45) is 0 Å². The van der Waals surface area contributed by atoms with Gasteiger partial charge in [-0.3, -0.25) is 9.59 Å². The fourth-order valence-corrected chi connectivity index (χ4v) is 4.57. The predicted octanol–water partition coefficient (Wildman–Crippen LogP) is 3.88. The maximum atomic E-state index is 12.3. The van der Waals surface area contributed by atoms with E-state index >= 15 is 0 Å². The highest BCUT2D eigenvalue weighted by molar-refractivity contribution is 7.99. The van der Waals surface area contributed by atoms with Crippen molar-refractivity contribution in [1.29, 1.82) is 0 Å². The van der Waals surface area contributed by atoms with Crippen LogP contribution in [0.15, 0.2) is 46.3 Å². The Hall–Kier alpha value is -2.71. The molecule has 0 aliphatic carbocycles. The molecule has 0 saturated carbocycles. The standard InChI is InChI=1S/C19H16N4O2S2/c1-10-7-11(2)16-14(8-10)27-19(22-16)21-15(24)9-26-18-20-13-6-4-3-5-12(13)17(25)23-18/h3-8H,9H2,1-2H3,(H,20,23,25)(H,21,22,24). The summed E-state index contributed by atoms with van der Waals surface area (Å²) < 4.78 is 1.05. The van der Waals surface area contributed by atoms with Crippen molar-refractivity contribution >= 4 is 55.3 Å². The van der Waals surface area contributed by atoms with E-state index in [0.29, 0.717) is 21.2 Å². The summed E-state index contributed by atoms with van der Waals surface area (Å²) >= 11 is 2.64. The minimum absolute atomic E-state index is 0.134. The SMILES string of the molecule is Cc1cc(C)c2nc(NC(=O)CSc3nc4ccccc4c(=O)[nH]3)sc2c1. The number of aromatic amines is 1. The molecule has 6 nitrogen and oxygen atoms in total. The second-order valence-electron chi connectivity index (χ2n) is 6.17. The van der Waals surface area contributed by atoms with E-state index < -0.39 is 0 Å². The molecule has 4 rings (SSSR count). The third-order valence-electron chi connectivity index (χ3n) is 4.01. The Bertz CT molecular complexity index is 1230. The Kier molecular flexibility index (Phi) is 4.67. The molecule has 2 aromatic heterocycles. The highest BCUT2D eigenvalue weighted by Crippen LogP contribution is 2.29. The van der Waals surface area contributed by atoms with Gasteiger partial charge in [-0.2, -0.15) is 0 Å². The smallest absolute Gasteiger partial charge is 0.259 e. The van der Waals surface area contributed by atoms with Crippen molar-refractivity contribution in [3.63, 3.8) is 0 Å². The summed E-state index contributed by atoms with van der Waals surface area (Å²) in [4.78, 5) is 36.0. The number of hydrogen-bond acceptors (Lipinski definition) is 6. The number of nitrogens with zero attached hydrogens (tertiary/aromatic N) is 2. The van der Waals surface area contributed by atoms with E-state index in [1.165, 1.54) is 28.7 Å². The molecule has 2 N–H and O–H groups in total. The Balaban J connectivity index is 1.47. The molecule has 0 spiro atoms. The lowest BCUT2D eigenvalue weighted by Gasteiger charge is -2.03. The van der Waals surface area contributed by atoms with Crippen LogP contribution in [0.4, 0.5) is 5.13 Å². The Morgan fingerprint density at radius 2 is 2.04 bits per heavy atom. The number of thioether (sulfide) groups is 1. The third-order valence-corrected chi connectivity index (χ3v) is 5.80. The Morgan fingerprint density at radius 1 is 1.22 bits per heavy atom. The predicted molar refractivity (Wildman–Crippen MR) is 111 cm³/mol. The van der Waals surface area contributed by atoms with Crippen LogP contribution >= 0.6 is 23.1 Å². The highest BCUT2D eigenvalue weighted by Gasteiger charge is 2.11. The van der Waals surface area contributed by atoms with Gasteiger partial charge < -0.3 is 10.3 Å². The molecule has 0 aliphatic heterocycles. The lowest BCUT2D eigenvalue weighted by atomic mass is 10.1. The Morgan fingerprint density at radius 3 is 2.89 bits per heavy atom. The summed E-state index contributed by atoms with van der Waals surface area (Å²) in [6.07, 6.45) is 0. The molecule has 4 aromatic rings. The van der Waals surface area contributed by atoms with E-state index in [9.17, 15) is 9.59 Å². The van der Waals surface area contributed by atoms with Crippen LogP contribution in [-0.2, 0) is 4.79 Å². The van der Waals surface area contributed by atoms with Gasteiger partial charge in [0.1, 0.15) is 0 Å². The maximum absolute atomic E-state index is 12.3. The second-order valence-corrected chi connectivity index (χ2v) is 8.17. The minimum Gasteiger partial charge on any atom is -0.301 e. The summed E-state index contributed by atoms with van der Waals surface area (Å²) in [6.45, 7) is 4.05. The van der Waals surface area contributed by atoms with Crippen LogP contribution in [0.2, 0.25) is 0 Å². The lowest BCUT2D eigenvalue weighted by molar-refractivity contribution is -0.113. The van der Waals surface area contributed by atoms with Crippen molar-refractivity contribution < 1.29 is 4.79 Å². The fourth-order valence-electron chi connectivity index (χ4n) is 2.85. The van der Waals surface area contributed by atoms with E-state index in [2.05, 4.69) is 32.4 Å². The summed E-state index contributed by atoms with van der Waals surface area (Å²) in [6, 6.07) is 11.3. The summed E-state index contributed by atoms with van der Waals surface area (Å²) in [5, 5.41) is 4.36. The summed E-state index contributed by atoms with van der Waals surface area (Å²) in [5.74, 6) is -0.0564. The summed E-state index contributed by atoms with van der Waals surface area (Å²) in [5.41, 5.74) is 3.58. The van der Waals surface area contributed by atoms with E-state index in [4.69, 9.17) is 0 Å². The number of amides is 1. The molecule has 27 heavy (non-hydrogen) atoms. The van der Waals surface area contributed by atoms with Gasteiger partial charge in [0.2, 0.25) is 5.91 Å². The van der Waals surface area contributed by atoms with Crippen molar-refractivity contribution in [1.82, 2.24) is 15.0 Å². The zero-order chi connectivity index (χ0) is 19.0. The molecule has 0 fully saturated rings. The third kappa shape index (κ3) is 3.72. The number of anilines is 1. The number of para-hydroxylation sites is 1. The number of aromatic nitrogens is 3. The number of thiazole rings is 1. The number of aryl methyl sites for hydroxylation is 2. The van der Waals surface area contributed by atoms with Gasteiger partial charge in [-0.1, -0.05) is 41.3 Å². The van der Waals surface area contributed by atoms with Crippen LogP contribution < -0.4 is 10.9 Å². The minimum atomic E-state index is -0.208. The number of hydrogen-bond donors (Lipinski definition) is 2. The van der Waals surface area contributed by atoms with Crippen LogP contribution in [0.25, 0.3) is 21.1 Å². The van der Waals surface area contributed by atoms with E-state index in [-0.39, 0.29) is 17.2 Å². The van der Waals surface area contributed by atoms with Gasteiger partial charge >= 0.3 is 0 Å². The van der Waals surface area contributed by atoms with Crippen LogP contribution in [0.3, 0.4) is 0 Å². The molecule has 1 amide bonds. The van der Waals surface area contributed by atoms with Crippen LogP contribution in [-0.4, -0.2) is 26.6 Å². The molecule has 0 atom stereocenters. The number of fused-ring (bicyclic) bond motifs is 2. The topological polar surface area (TPSA) is 87.7 Å². The van der Waals surface area contributed by atoms with E-state index in [0.717, 1.165) is 15.8 Å². The number of carbonyl (C=O) groups is 1. The van der Waals surface area contributed by atoms with E-state index in [1.54, 1.807) is 18.2 Å². The van der Waals surface area contributed by atoms with Gasteiger partial charge in [-0.15, -0.1) is 0 Å². The average Bonchev–Trinajstić information content (AvgIpc) is 3.02. The van der Waals surface area contributed by atoms with Crippen LogP contribution in [0.1, 0.15) is 11.1 Å². The number of rotatable bonds is 4. The van der Waals surface area contributed by atoms with Gasteiger partial charge in [0.25, 0.3) is 5.56 Å². The number of carbonyl (C=O) groups excluding carboxylic acids is 1. The quantitative estimate of drug-likeness (QED) is 0.404. The lowest BCUT2D eigenvalue weighted by Crippen LogP contribution is -2.15. The molecule has 0 saturated heterocycles. The van der Waals surface area contributed by atoms with Gasteiger partial charge in [-0.25, -0.2) is 9.97 Å². The molecule has 2 aromatic carbocycles. The zero-order valence-corrected chi connectivity index (χ0v) is 16.3. The monoisotopic (exact) mass is 396 g/mol. The molecule has 8 heteroatoms. The molecule has 0 unspecified atom stereocenters. The van der Waals surface area contributed by atoms with Gasteiger partial charge in [0, 0.05) is 0 Å². The first-order chi connectivity index (χ1) is 13.0. The number of nitrogens with one attached hydrogen (secondary N) is 2. The zero-order valence-electron chi connectivity index (χ0n) is 14.7. The number of H-pyrrole nitrogens is 1. The first-order valence-electron chi connectivity index (χ1n) is 8.29. The normalized spacial score (nSPS) is 11.2. The van der Waals surface area contributed by atoms with E-state index in [1.807, 2.05) is 19.9 Å². The number of benzene rings is 2. The molecule has 0 aliphatic rings. The first kappa shape index (κ1) is 17.7. The highest BCUT2D eigenvalue weighted by atomic mass is 32.2. The van der Waals surface area contributed by atoms with Crippen LogP contribution in [0.5, 0.6) is 0 Å². The largest absolute Gasteiger partial charge is 0.301 e. The van der Waals surface area contributed by atoms with Gasteiger partial charge in [-0.05, 0) is 43.2 Å². The fraction of sp³-hybridized carbons (Fsp3) is 0.158. The van der Waals surface area contributed by atoms with Crippen LogP contribution in [0, 0.1) is 13.8 Å². The van der Waals surface area contributed by atoms with Crippen molar-refractivity contribution in [2.45, 2.75) is 19.0 Å². The molecule has 136 valence electrons. The first-order valence-corrected chi connectivity index (χ1v) is 10.1. The van der Waals surface area contributed by atoms with Crippen molar-refractivity contribution in [3.05, 3.63) is 57.9 Å². The molecule has 2 heterocycles.